The Hall–Kier alpha value is -0.0800. The van der Waals surface area contributed by atoms with Crippen LogP contribution in [0.2, 0.25) is 0 Å². The molecule has 0 aliphatic carbocycles. The summed E-state index contributed by atoms with van der Waals surface area (Å²) in [5, 5.41) is 5.19. The van der Waals surface area contributed by atoms with E-state index in [1.807, 2.05) is 18.6 Å². The van der Waals surface area contributed by atoms with E-state index in [1.165, 1.54) is 11.3 Å². The van der Waals surface area contributed by atoms with E-state index in [9.17, 15) is 8.42 Å². The van der Waals surface area contributed by atoms with Gasteiger partial charge in [0.2, 0.25) is 10.0 Å². The van der Waals surface area contributed by atoms with Gasteiger partial charge in [0.1, 0.15) is 4.90 Å². The van der Waals surface area contributed by atoms with Gasteiger partial charge in [-0.1, -0.05) is 13.8 Å². The van der Waals surface area contributed by atoms with Crippen LogP contribution in [0.25, 0.3) is 0 Å². The van der Waals surface area contributed by atoms with Gasteiger partial charge in [-0.15, -0.1) is 11.3 Å². The Kier molecular flexibility index (Phi) is 7.53. The van der Waals surface area contributed by atoms with Crippen molar-refractivity contribution in [2.75, 3.05) is 18.6 Å². The Morgan fingerprint density at radius 1 is 1.40 bits per heavy atom. The van der Waals surface area contributed by atoms with Crippen LogP contribution in [0, 0.1) is 6.92 Å². The van der Waals surface area contributed by atoms with Crippen molar-refractivity contribution in [3.05, 3.63) is 15.8 Å². The third kappa shape index (κ3) is 5.37. The van der Waals surface area contributed by atoms with Gasteiger partial charge in [0.25, 0.3) is 0 Å². The number of thiophene rings is 1. The maximum Gasteiger partial charge on any atom is 0.241 e. The number of nitrogens with one attached hydrogen (secondary N) is 2. The van der Waals surface area contributed by atoms with E-state index in [1.54, 1.807) is 11.8 Å². The quantitative estimate of drug-likeness (QED) is 0.681. The number of aryl methyl sites for hydroxylation is 1. The number of rotatable bonds is 9. The maximum atomic E-state index is 12.4. The fraction of sp³-hybridized carbons (Fsp3) is 0.692. The molecule has 20 heavy (non-hydrogen) atoms. The van der Waals surface area contributed by atoms with Gasteiger partial charge in [0.05, 0.1) is 0 Å². The van der Waals surface area contributed by atoms with Crippen molar-refractivity contribution in [3.8, 4) is 0 Å². The molecular formula is C13H24N2O2S3. The Morgan fingerprint density at radius 3 is 2.70 bits per heavy atom. The molecule has 0 atom stereocenters. The van der Waals surface area contributed by atoms with E-state index in [-0.39, 0.29) is 0 Å². The molecule has 0 aliphatic heterocycles. The lowest BCUT2D eigenvalue weighted by Crippen LogP contribution is -2.28. The molecule has 0 saturated heterocycles. The molecule has 2 N–H and O–H groups in total. The summed E-state index contributed by atoms with van der Waals surface area (Å²) in [7, 11) is -3.40. The van der Waals surface area contributed by atoms with Gasteiger partial charge in [-0.25, -0.2) is 13.1 Å². The summed E-state index contributed by atoms with van der Waals surface area (Å²) in [6, 6.07) is 0.336. The van der Waals surface area contributed by atoms with Gasteiger partial charge in [0, 0.05) is 24.0 Å². The summed E-state index contributed by atoms with van der Waals surface area (Å²) < 4.78 is 27.5. The molecule has 0 aromatic carbocycles. The highest BCUT2D eigenvalue weighted by Crippen LogP contribution is 2.26. The Balaban J connectivity index is 2.79. The smallest absolute Gasteiger partial charge is 0.241 e. The third-order valence-corrected chi connectivity index (χ3v) is 6.37. The molecule has 4 nitrogen and oxygen atoms in total. The van der Waals surface area contributed by atoms with Gasteiger partial charge >= 0.3 is 0 Å². The molecule has 7 heteroatoms. The Bertz CT molecular complexity index is 510. The highest BCUT2D eigenvalue weighted by molar-refractivity contribution is 7.98. The first-order chi connectivity index (χ1) is 9.38. The van der Waals surface area contributed by atoms with E-state index in [0.29, 0.717) is 24.0 Å². The van der Waals surface area contributed by atoms with Crippen molar-refractivity contribution in [2.45, 2.75) is 44.7 Å². The van der Waals surface area contributed by atoms with Gasteiger partial charge in [0.15, 0.2) is 0 Å². The molecule has 0 spiro atoms. The molecule has 0 bridgehead atoms. The van der Waals surface area contributed by atoms with E-state index in [0.717, 1.165) is 22.6 Å². The fourth-order valence-corrected chi connectivity index (χ4v) is 5.03. The predicted molar refractivity (Wildman–Crippen MR) is 89.2 cm³/mol. The summed E-state index contributed by atoms with van der Waals surface area (Å²) in [4.78, 5) is 1.34. The van der Waals surface area contributed by atoms with E-state index in [2.05, 4.69) is 23.9 Å². The SMILES string of the molecule is CSCCCNS(=O)(=O)c1c(C)csc1CNC(C)C. The van der Waals surface area contributed by atoms with Gasteiger partial charge < -0.3 is 5.32 Å². The lowest BCUT2D eigenvalue weighted by Gasteiger charge is -2.11. The lowest BCUT2D eigenvalue weighted by molar-refractivity contribution is 0.570. The molecule has 116 valence electrons. The largest absolute Gasteiger partial charge is 0.310 e. The minimum atomic E-state index is -3.40. The minimum Gasteiger partial charge on any atom is -0.310 e. The van der Waals surface area contributed by atoms with Crippen LogP contribution in [0.15, 0.2) is 10.3 Å². The van der Waals surface area contributed by atoms with Crippen molar-refractivity contribution < 1.29 is 8.42 Å². The molecule has 1 aromatic heterocycles. The number of hydrogen-bond donors (Lipinski definition) is 2. The number of hydrogen-bond acceptors (Lipinski definition) is 5. The first-order valence-corrected chi connectivity index (χ1v) is 10.4. The second kappa shape index (κ2) is 8.38. The molecule has 1 heterocycles. The van der Waals surface area contributed by atoms with Crippen LogP contribution in [0.1, 0.15) is 30.7 Å². The second-order valence-corrected chi connectivity index (χ2v) is 8.60. The summed E-state index contributed by atoms with van der Waals surface area (Å²) in [5.74, 6) is 0.965. The highest BCUT2D eigenvalue weighted by atomic mass is 32.2. The van der Waals surface area contributed by atoms with Crippen LogP contribution in [0.4, 0.5) is 0 Å². The summed E-state index contributed by atoms with van der Waals surface area (Å²) in [6.07, 6.45) is 2.87. The van der Waals surface area contributed by atoms with Gasteiger partial charge in [-0.2, -0.15) is 11.8 Å². The molecule has 0 aliphatic rings. The fourth-order valence-electron chi connectivity index (χ4n) is 1.76. The average molecular weight is 337 g/mol. The van der Waals surface area contributed by atoms with Crippen molar-refractivity contribution in [1.82, 2.24) is 10.0 Å². The molecule has 1 rings (SSSR count). The summed E-state index contributed by atoms with van der Waals surface area (Å²) >= 11 is 3.23. The van der Waals surface area contributed by atoms with Crippen molar-refractivity contribution in [3.63, 3.8) is 0 Å². The first-order valence-electron chi connectivity index (χ1n) is 6.67. The van der Waals surface area contributed by atoms with Crippen LogP contribution < -0.4 is 10.0 Å². The van der Waals surface area contributed by atoms with E-state index >= 15 is 0 Å². The lowest BCUT2D eigenvalue weighted by atomic mass is 10.3. The standard InChI is InChI=1S/C13H24N2O2S3/c1-10(2)14-8-12-13(11(3)9-19-12)20(16,17)15-6-5-7-18-4/h9-10,14-15H,5-8H2,1-4H3. The monoisotopic (exact) mass is 336 g/mol. The number of thioether (sulfide) groups is 1. The molecular weight excluding hydrogens is 312 g/mol. The van der Waals surface area contributed by atoms with Crippen molar-refractivity contribution in [2.24, 2.45) is 0 Å². The van der Waals surface area contributed by atoms with Crippen LogP contribution in [-0.4, -0.2) is 33.0 Å². The third-order valence-electron chi connectivity index (χ3n) is 2.75. The van der Waals surface area contributed by atoms with E-state index < -0.39 is 10.0 Å². The minimum absolute atomic E-state index is 0.336. The molecule has 0 radical (unpaired) electrons. The van der Waals surface area contributed by atoms with E-state index in [4.69, 9.17) is 0 Å². The molecule has 0 fully saturated rings. The van der Waals surface area contributed by atoms with Gasteiger partial charge in [-0.05, 0) is 36.3 Å². The highest BCUT2D eigenvalue weighted by Gasteiger charge is 2.22. The maximum absolute atomic E-state index is 12.4. The first kappa shape index (κ1) is 18.0. The zero-order valence-corrected chi connectivity index (χ0v) is 15.0. The zero-order chi connectivity index (χ0) is 15.2. The molecule has 0 unspecified atom stereocenters. The van der Waals surface area contributed by atoms with Crippen LogP contribution in [0.5, 0.6) is 0 Å². The van der Waals surface area contributed by atoms with Crippen LogP contribution in [-0.2, 0) is 16.6 Å². The topological polar surface area (TPSA) is 58.2 Å². The summed E-state index contributed by atoms with van der Waals surface area (Å²) in [6.45, 7) is 7.04. The molecule has 1 aromatic rings. The second-order valence-electron chi connectivity index (χ2n) is 4.95. The van der Waals surface area contributed by atoms with Crippen molar-refractivity contribution in [1.29, 1.82) is 0 Å². The Morgan fingerprint density at radius 2 is 2.10 bits per heavy atom. The molecule has 0 saturated carbocycles. The molecule has 0 amide bonds. The van der Waals surface area contributed by atoms with Crippen LogP contribution in [0.3, 0.4) is 0 Å². The predicted octanol–water partition coefficient (Wildman–Crippen LogP) is 2.59. The Labute approximate surface area is 130 Å². The van der Waals surface area contributed by atoms with Gasteiger partial charge in [-0.3, -0.25) is 0 Å². The van der Waals surface area contributed by atoms with Crippen LogP contribution >= 0.6 is 23.1 Å². The zero-order valence-electron chi connectivity index (χ0n) is 12.5. The average Bonchev–Trinajstić information content (AvgIpc) is 2.74. The summed E-state index contributed by atoms with van der Waals surface area (Å²) in [5.41, 5.74) is 0.827. The van der Waals surface area contributed by atoms with Crippen molar-refractivity contribution >= 4 is 33.1 Å². The normalized spacial score (nSPS) is 12.2. The number of sulfonamides is 1.